The van der Waals surface area contributed by atoms with Gasteiger partial charge in [0.1, 0.15) is 46.0 Å². The monoisotopic (exact) mass is 660 g/mol. The molecule has 5 aliphatic rings. The van der Waals surface area contributed by atoms with E-state index in [4.69, 9.17) is 18.9 Å². The van der Waals surface area contributed by atoms with Crippen LogP contribution in [0, 0.1) is 5.92 Å². The van der Waals surface area contributed by atoms with E-state index in [9.17, 15) is 30.3 Å². The van der Waals surface area contributed by atoms with Gasteiger partial charge in [-0.05, 0) is 75.2 Å². The van der Waals surface area contributed by atoms with Crippen molar-refractivity contribution in [2.75, 3.05) is 0 Å². The number of aliphatic hydroxyl groups is 1. The lowest BCUT2D eigenvalue weighted by Crippen LogP contribution is -2.62. The molecule has 0 saturated carbocycles. The van der Waals surface area contributed by atoms with Crippen LogP contribution in [0.25, 0.3) is 0 Å². The summed E-state index contributed by atoms with van der Waals surface area (Å²) >= 11 is 0. The maximum Gasteiger partial charge on any atom is 0.322 e. The zero-order valence-corrected chi connectivity index (χ0v) is 26.7. The first-order chi connectivity index (χ1) is 23.3. The lowest BCUT2D eigenvalue weighted by Gasteiger charge is -2.55. The van der Waals surface area contributed by atoms with Gasteiger partial charge >= 0.3 is 5.79 Å². The van der Waals surface area contributed by atoms with Crippen LogP contribution in [0.2, 0.25) is 0 Å². The molecule has 6 atom stereocenters. The molecule has 0 aromatic heterocycles. The summed E-state index contributed by atoms with van der Waals surface area (Å²) in [5.74, 6) is -5.44. The third kappa shape index (κ3) is 3.77. The van der Waals surface area contributed by atoms with E-state index in [1.54, 1.807) is 36.4 Å². The van der Waals surface area contributed by atoms with E-state index in [1.165, 1.54) is 30.3 Å². The van der Waals surface area contributed by atoms with Crippen molar-refractivity contribution in [2.45, 2.75) is 56.2 Å². The molecule has 248 valence electrons. The molecule has 5 N–H and O–H groups in total. The van der Waals surface area contributed by atoms with Crippen LogP contribution in [0.3, 0.4) is 0 Å². The first kappa shape index (κ1) is 29.5. The summed E-state index contributed by atoms with van der Waals surface area (Å²) in [6.45, 7) is 5.65. The lowest BCUT2D eigenvalue weighted by molar-refractivity contribution is -0.199. The third-order valence-corrected chi connectivity index (χ3v) is 10.5. The van der Waals surface area contributed by atoms with Crippen LogP contribution in [0.5, 0.6) is 46.0 Å². The summed E-state index contributed by atoms with van der Waals surface area (Å²) in [4.78, 5) is 14.5. The summed E-state index contributed by atoms with van der Waals surface area (Å²) in [6, 6.07) is 16.8. The Kier molecular flexibility index (Phi) is 5.73. The Morgan fingerprint density at radius 2 is 1.41 bits per heavy atom. The number of rotatable bonds is 2. The molecule has 10 heteroatoms. The minimum atomic E-state index is -2.48. The molecule has 0 unspecified atom stereocenters. The van der Waals surface area contributed by atoms with E-state index in [1.807, 2.05) is 26.8 Å². The second-order valence-corrected chi connectivity index (χ2v) is 13.9. The molecule has 1 aliphatic carbocycles. The first-order valence-corrected chi connectivity index (χ1v) is 16.1. The number of ether oxygens (including phenoxy) is 4. The van der Waals surface area contributed by atoms with Crippen molar-refractivity contribution in [1.29, 1.82) is 0 Å². The predicted octanol–water partition coefficient (Wildman–Crippen LogP) is 6.50. The Morgan fingerprint density at radius 1 is 0.755 bits per heavy atom. The fourth-order valence-electron chi connectivity index (χ4n) is 8.61. The SMILES string of the molecule is CC(C)=C[C@@]12Oc3cc4c(cc3C(=O)[C@]1(O)Oc1cc(O)ccc12)[C@H]1C=C(C)C[C@@H]2c3ccc(O)cc3O[C@@](c3ccc(O)cc3O)(O4)[C@@H]12. The Hall–Kier alpha value is -5.61. The van der Waals surface area contributed by atoms with Gasteiger partial charge in [-0.3, -0.25) is 4.79 Å². The molecule has 4 heterocycles. The molecule has 4 aromatic rings. The molecule has 4 aliphatic heterocycles. The van der Waals surface area contributed by atoms with Crippen LogP contribution < -0.4 is 18.9 Å². The first-order valence-electron chi connectivity index (χ1n) is 16.1. The van der Waals surface area contributed by atoms with E-state index in [-0.39, 0.29) is 51.5 Å². The fourth-order valence-corrected chi connectivity index (χ4v) is 8.61. The topological polar surface area (TPSA) is 155 Å². The molecule has 0 saturated heterocycles. The average Bonchev–Trinajstić information content (AvgIpc) is 3.26. The molecular weight excluding hydrogens is 628 g/mol. The number of carbonyl (C=O) groups is 1. The molecule has 0 radical (unpaired) electrons. The summed E-state index contributed by atoms with van der Waals surface area (Å²) in [5, 5.41) is 54.4. The molecule has 0 spiro atoms. The highest BCUT2D eigenvalue weighted by atomic mass is 16.7. The average molecular weight is 661 g/mol. The molecular formula is C39H32O10. The van der Waals surface area contributed by atoms with Gasteiger partial charge in [0.2, 0.25) is 11.4 Å². The summed E-state index contributed by atoms with van der Waals surface area (Å²) in [7, 11) is 0. The maximum atomic E-state index is 14.5. The summed E-state index contributed by atoms with van der Waals surface area (Å²) in [6.07, 6.45) is 4.38. The van der Waals surface area contributed by atoms with E-state index in [2.05, 4.69) is 6.08 Å². The minimum absolute atomic E-state index is 0.00327. The highest BCUT2D eigenvalue weighted by molar-refractivity contribution is 6.07. The second-order valence-electron chi connectivity index (χ2n) is 13.9. The van der Waals surface area contributed by atoms with Crippen LogP contribution >= 0.6 is 0 Å². The van der Waals surface area contributed by atoms with E-state index in [0.29, 0.717) is 29.0 Å². The number of hydrogen-bond donors (Lipinski definition) is 5. The molecule has 9 rings (SSSR count). The Balaban J connectivity index is 1.29. The standard InChI is InChI=1S/C39H32O10/c1-18(2)17-37-29-9-6-22(42)14-34(29)49-39(37,45)36(44)27-15-24-26-11-19(3)10-25-23-7-4-21(41)13-31(23)47-38(35(25)26,48-32(24)16-33(27)46-37)28-8-5-20(40)12-30(28)43/h4-9,11-17,25-26,35,40-43,45H,10H2,1-3H3/t25-,26-,35-,37+,38+,39+/m1/s1. The van der Waals surface area contributed by atoms with Crippen molar-refractivity contribution in [2.24, 2.45) is 5.92 Å². The number of phenols is 4. The number of carbonyl (C=O) groups excluding carboxylic acids is 1. The molecule has 49 heavy (non-hydrogen) atoms. The number of ketones is 1. The van der Waals surface area contributed by atoms with Crippen molar-refractivity contribution < 1.29 is 49.3 Å². The van der Waals surface area contributed by atoms with Gasteiger partial charge in [0.15, 0.2) is 0 Å². The summed E-state index contributed by atoms with van der Waals surface area (Å²) in [5.41, 5.74) is 2.27. The zero-order valence-electron chi connectivity index (χ0n) is 26.7. The number of phenolic OH excluding ortho intramolecular Hbond substituents is 4. The van der Waals surface area contributed by atoms with Gasteiger partial charge in [-0.15, -0.1) is 0 Å². The van der Waals surface area contributed by atoms with Gasteiger partial charge in [0.25, 0.3) is 5.79 Å². The van der Waals surface area contributed by atoms with Crippen LogP contribution in [-0.2, 0) is 11.4 Å². The van der Waals surface area contributed by atoms with Gasteiger partial charge in [0.05, 0.1) is 17.0 Å². The van der Waals surface area contributed by atoms with Gasteiger partial charge in [-0.1, -0.05) is 23.3 Å². The molecule has 10 nitrogen and oxygen atoms in total. The third-order valence-electron chi connectivity index (χ3n) is 10.5. The van der Waals surface area contributed by atoms with Crippen LogP contribution in [0.1, 0.15) is 71.6 Å². The molecule has 0 bridgehead atoms. The van der Waals surface area contributed by atoms with Crippen molar-refractivity contribution in [1.82, 2.24) is 0 Å². The van der Waals surface area contributed by atoms with Crippen LogP contribution in [0.4, 0.5) is 0 Å². The van der Waals surface area contributed by atoms with E-state index >= 15 is 0 Å². The fraction of sp³-hybridized carbons (Fsp3) is 0.256. The second kappa shape index (κ2) is 9.51. The van der Waals surface area contributed by atoms with Crippen molar-refractivity contribution >= 4 is 5.78 Å². The molecule has 0 fully saturated rings. The highest BCUT2D eigenvalue weighted by Crippen LogP contribution is 2.65. The van der Waals surface area contributed by atoms with Crippen molar-refractivity contribution in [3.8, 4) is 46.0 Å². The van der Waals surface area contributed by atoms with Gasteiger partial charge in [0, 0.05) is 47.2 Å². The highest BCUT2D eigenvalue weighted by Gasteiger charge is 2.69. The van der Waals surface area contributed by atoms with E-state index in [0.717, 1.165) is 16.7 Å². The predicted molar refractivity (Wildman–Crippen MR) is 174 cm³/mol. The van der Waals surface area contributed by atoms with Gasteiger partial charge < -0.3 is 44.5 Å². The summed E-state index contributed by atoms with van der Waals surface area (Å²) < 4.78 is 26.3. The lowest BCUT2D eigenvalue weighted by atomic mass is 9.61. The Bertz CT molecular complexity index is 2220. The van der Waals surface area contributed by atoms with E-state index < -0.39 is 34.8 Å². The van der Waals surface area contributed by atoms with Crippen molar-refractivity contribution in [3.05, 3.63) is 118 Å². The van der Waals surface area contributed by atoms with Crippen molar-refractivity contribution in [3.63, 3.8) is 0 Å². The normalized spacial score (nSPS) is 29.5. The van der Waals surface area contributed by atoms with Crippen LogP contribution in [0.15, 0.2) is 90.0 Å². The quantitative estimate of drug-likeness (QED) is 0.151. The number of Topliss-reactive ketones (excluding diaryl/α,β-unsaturated/α-hetero) is 1. The number of benzene rings is 4. The number of aromatic hydroxyl groups is 4. The number of hydrogen-bond acceptors (Lipinski definition) is 10. The molecule has 0 amide bonds. The largest absolute Gasteiger partial charge is 0.508 e. The van der Waals surface area contributed by atoms with Gasteiger partial charge in [-0.25, -0.2) is 0 Å². The molecule has 4 aromatic carbocycles. The zero-order chi connectivity index (χ0) is 34.2. The smallest absolute Gasteiger partial charge is 0.322 e. The van der Waals surface area contributed by atoms with Crippen LogP contribution in [-0.4, -0.2) is 37.1 Å². The minimum Gasteiger partial charge on any atom is -0.508 e. The Morgan fingerprint density at radius 3 is 2.12 bits per heavy atom. The Labute approximate surface area is 280 Å². The number of fused-ring (bicyclic) bond motifs is 8. The van der Waals surface area contributed by atoms with Gasteiger partial charge in [-0.2, -0.15) is 0 Å². The number of allylic oxidation sites excluding steroid dienone is 3. The maximum absolute atomic E-state index is 14.5.